The fourth-order valence-electron chi connectivity index (χ4n) is 7.44. The zero-order chi connectivity index (χ0) is 30.1. The van der Waals surface area contributed by atoms with Crippen LogP contribution in [-0.2, 0) is 32.0 Å². The van der Waals surface area contributed by atoms with Crippen molar-refractivity contribution in [1.82, 2.24) is 9.80 Å². The first kappa shape index (κ1) is 28.5. The van der Waals surface area contributed by atoms with Crippen LogP contribution < -0.4 is 0 Å². The molecule has 6 rings (SSSR count). The van der Waals surface area contributed by atoms with Crippen LogP contribution in [0.2, 0.25) is 0 Å². The Bertz CT molecular complexity index is 1570. The minimum absolute atomic E-state index is 0.0794. The monoisotopic (exact) mass is 608 g/mol. The predicted octanol–water partition coefficient (Wildman–Crippen LogP) is 4.06. The van der Waals surface area contributed by atoms with Crippen LogP contribution in [0.4, 0.5) is 0 Å². The number of allylic oxidation sites excluding steroid dienone is 3. The van der Waals surface area contributed by atoms with Gasteiger partial charge >= 0.3 is 0 Å². The Morgan fingerprint density at radius 2 is 1.71 bits per heavy atom. The summed E-state index contributed by atoms with van der Waals surface area (Å²) in [5.74, 6) is -5.03. The molecule has 6 unspecified atom stereocenters. The molecule has 2 heterocycles. The maximum atomic E-state index is 14.0. The molecular formula is C32H30Cl2N2O6. The number of amides is 4. The fourth-order valence-corrected chi connectivity index (χ4v) is 8.45. The number of rotatable bonds is 6. The molecule has 0 bridgehead atoms. The second-order valence-corrected chi connectivity index (χ2v) is 12.8. The topological polar surface area (TPSA) is 115 Å². The average Bonchev–Trinajstić information content (AvgIpc) is 3.29. The molecule has 8 nitrogen and oxygen atoms in total. The number of halogens is 2. The molecule has 2 aromatic rings. The Morgan fingerprint density at radius 1 is 1.00 bits per heavy atom. The van der Waals surface area contributed by atoms with Gasteiger partial charge in [-0.3, -0.25) is 29.0 Å². The number of fused-ring (bicyclic) bond motifs is 4. The van der Waals surface area contributed by atoms with Gasteiger partial charge in [-0.15, -0.1) is 29.8 Å². The third-order valence-electron chi connectivity index (χ3n) is 9.49. The number of imide groups is 2. The Labute approximate surface area is 253 Å². The number of likely N-dealkylation sites (tertiary alicyclic amines) is 2. The molecule has 4 amide bonds. The lowest BCUT2D eigenvalue weighted by Crippen LogP contribution is -2.60. The van der Waals surface area contributed by atoms with E-state index in [0.717, 1.165) is 10.5 Å². The summed E-state index contributed by atoms with van der Waals surface area (Å²) in [7, 11) is 1.33. The highest BCUT2D eigenvalue weighted by atomic mass is 35.5. The zero-order valence-electron chi connectivity index (χ0n) is 22.9. The van der Waals surface area contributed by atoms with Gasteiger partial charge in [-0.05, 0) is 54.9 Å². The minimum atomic E-state index is -1.95. The van der Waals surface area contributed by atoms with Crippen molar-refractivity contribution in [3.05, 3.63) is 83.5 Å². The van der Waals surface area contributed by atoms with Crippen molar-refractivity contribution in [2.75, 3.05) is 13.6 Å². The van der Waals surface area contributed by atoms with Crippen molar-refractivity contribution in [2.45, 2.75) is 41.3 Å². The number of nitrogens with zero attached hydrogens (tertiary/aromatic N) is 2. The van der Waals surface area contributed by atoms with E-state index in [4.69, 9.17) is 23.2 Å². The van der Waals surface area contributed by atoms with E-state index in [1.165, 1.54) is 11.9 Å². The molecule has 0 aromatic heterocycles. The van der Waals surface area contributed by atoms with Gasteiger partial charge in [0.2, 0.25) is 11.8 Å². The highest BCUT2D eigenvalue weighted by Gasteiger charge is 2.76. The smallest absolute Gasteiger partial charge is 0.253 e. The summed E-state index contributed by atoms with van der Waals surface area (Å²) < 4.78 is 0. The lowest BCUT2D eigenvalue weighted by atomic mass is 9.56. The highest BCUT2D eigenvalue weighted by molar-refractivity contribution is 6.53. The van der Waals surface area contributed by atoms with E-state index < -0.39 is 45.2 Å². The quantitative estimate of drug-likeness (QED) is 0.290. The van der Waals surface area contributed by atoms with Crippen LogP contribution in [0.1, 0.15) is 35.4 Å². The van der Waals surface area contributed by atoms with E-state index in [2.05, 4.69) is 6.58 Å². The molecule has 4 aliphatic rings. The van der Waals surface area contributed by atoms with Crippen LogP contribution in [0.25, 0.3) is 0 Å². The molecule has 2 N–H and O–H groups in total. The number of carbonyl (C=O) groups is 4. The van der Waals surface area contributed by atoms with Crippen molar-refractivity contribution < 1.29 is 29.4 Å². The molecule has 0 spiro atoms. The number of benzene rings is 2. The second kappa shape index (κ2) is 9.99. The molecule has 42 heavy (non-hydrogen) atoms. The largest absolute Gasteiger partial charge is 0.508 e. The summed E-state index contributed by atoms with van der Waals surface area (Å²) in [6, 6.07) is 11.7. The van der Waals surface area contributed by atoms with Gasteiger partial charge in [0.05, 0.1) is 11.8 Å². The molecular weight excluding hydrogens is 579 g/mol. The standard InChI is InChI=1S/C32H30Cl2N2O6/c1-3-5-18-6-4-7-22(26(18)38)25-20-12-13-21-24(23(20)16-31(33)29(41)35(2)30(42)32(25,31)34)28(40)36(27(21)39)15-14-17-8-10-19(37)11-9-17/h3-4,6-12,21,23-25,37-38H,1,5,13-16H2,2H3. The van der Waals surface area contributed by atoms with Gasteiger partial charge in [0.25, 0.3) is 11.8 Å². The van der Waals surface area contributed by atoms with E-state index >= 15 is 0 Å². The predicted molar refractivity (Wildman–Crippen MR) is 156 cm³/mol. The van der Waals surface area contributed by atoms with E-state index in [-0.39, 0.29) is 42.7 Å². The maximum absolute atomic E-state index is 14.0. The van der Waals surface area contributed by atoms with E-state index in [9.17, 15) is 29.4 Å². The Morgan fingerprint density at radius 3 is 2.40 bits per heavy atom. The van der Waals surface area contributed by atoms with Gasteiger partial charge in [0.1, 0.15) is 11.5 Å². The van der Waals surface area contributed by atoms with Crippen LogP contribution in [0.15, 0.2) is 66.8 Å². The number of hydrogen-bond acceptors (Lipinski definition) is 6. The summed E-state index contributed by atoms with van der Waals surface area (Å²) in [6.45, 7) is 3.91. The van der Waals surface area contributed by atoms with Crippen molar-refractivity contribution in [2.24, 2.45) is 17.8 Å². The normalized spacial score (nSPS) is 32.0. The van der Waals surface area contributed by atoms with Crippen LogP contribution in [0, 0.1) is 17.8 Å². The van der Waals surface area contributed by atoms with Crippen molar-refractivity contribution in [3.8, 4) is 11.5 Å². The summed E-state index contributed by atoms with van der Waals surface area (Å²) in [4.78, 5) is 53.2. The molecule has 2 aromatic carbocycles. The number of alkyl halides is 2. The number of carbonyl (C=O) groups excluding carboxylic acids is 4. The third-order valence-corrected chi connectivity index (χ3v) is 10.9. The second-order valence-electron chi connectivity index (χ2n) is 11.6. The first-order chi connectivity index (χ1) is 20.0. The first-order valence-electron chi connectivity index (χ1n) is 13.9. The van der Waals surface area contributed by atoms with E-state index in [1.54, 1.807) is 48.5 Å². The van der Waals surface area contributed by atoms with Crippen LogP contribution >= 0.6 is 23.2 Å². The first-order valence-corrected chi connectivity index (χ1v) is 14.7. The SMILES string of the molecule is C=CCc1cccc(C2C3=CCC4C(=O)N(CCc5ccc(O)cc5)C(=O)C4C3CC3(Cl)C(=O)N(C)C(=O)C23Cl)c1O. The van der Waals surface area contributed by atoms with Crippen molar-refractivity contribution in [3.63, 3.8) is 0 Å². The summed E-state index contributed by atoms with van der Waals surface area (Å²) in [6.07, 6.45) is 4.41. The molecule has 2 saturated heterocycles. The van der Waals surface area contributed by atoms with Crippen molar-refractivity contribution >= 4 is 46.8 Å². The van der Waals surface area contributed by atoms with Gasteiger partial charge in [0.15, 0.2) is 9.75 Å². The molecule has 3 fully saturated rings. The Hall–Kier alpha value is -3.62. The minimum Gasteiger partial charge on any atom is -0.508 e. The van der Waals surface area contributed by atoms with Gasteiger partial charge in [-0.25, -0.2) is 0 Å². The number of phenolic OH excluding ortho intramolecular Hbond substituents is 2. The number of hydrogen-bond donors (Lipinski definition) is 2. The number of phenols is 2. The average molecular weight is 610 g/mol. The third kappa shape index (κ3) is 3.81. The number of para-hydroxylation sites is 1. The van der Waals surface area contributed by atoms with Gasteiger partial charge in [0, 0.05) is 25.1 Å². The van der Waals surface area contributed by atoms with Crippen molar-refractivity contribution in [1.29, 1.82) is 0 Å². The van der Waals surface area contributed by atoms with Gasteiger partial charge < -0.3 is 10.2 Å². The maximum Gasteiger partial charge on any atom is 0.253 e. The summed E-state index contributed by atoms with van der Waals surface area (Å²) in [5, 5.41) is 21.0. The Balaban J connectivity index is 1.43. The van der Waals surface area contributed by atoms with Crippen LogP contribution in [0.5, 0.6) is 11.5 Å². The molecule has 2 aliphatic heterocycles. The zero-order valence-corrected chi connectivity index (χ0v) is 24.4. The summed E-state index contributed by atoms with van der Waals surface area (Å²) >= 11 is 14.4. The van der Waals surface area contributed by atoms with E-state index in [0.29, 0.717) is 29.5 Å². The van der Waals surface area contributed by atoms with Gasteiger partial charge in [-0.2, -0.15) is 0 Å². The molecule has 10 heteroatoms. The lowest BCUT2D eigenvalue weighted by molar-refractivity contribution is -0.141. The molecule has 6 atom stereocenters. The lowest BCUT2D eigenvalue weighted by Gasteiger charge is -2.50. The molecule has 2 aliphatic carbocycles. The Kier molecular flexibility index (Phi) is 6.78. The fraction of sp³-hybridized carbons (Fsp3) is 0.375. The molecule has 0 radical (unpaired) electrons. The van der Waals surface area contributed by atoms with Crippen LogP contribution in [0.3, 0.4) is 0 Å². The molecule has 1 saturated carbocycles. The van der Waals surface area contributed by atoms with Crippen LogP contribution in [-0.4, -0.2) is 67.0 Å². The van der Waals surface area contributed by atoms with Gasteiger partial charge in [-0.1, -0.05) is 48.1 Å². The summed E-state index contributed by atoms with van der Waals surface area (Å²) in [5.41, 5.74) is 2.39. The molecule has 218 valence electrons. The van der Waals surface area contributed by atoms with E-state index in [1.807, 2.05) is 6.08 Å². The number of aromatic hydroxyl groups is 2. The highest BCUT2D eigenvalue weighted by Crippen LogP contribution is 2.66.